The van der Waals surface area contributed by atoms with Crippen molar-refractivity contribution in [2.24, 2.45) is 11.8 Å². The zero-order valence-electron chi connectivity index (χ0n) is 17.3. The van der Waals surface area contributed by atoms with Gasteiger partial charge in [-0.3, -0.25) is 9.59 Å². The van der Waals surface area contributed by atoms with Gasteiger partial charge in [0.25, 0.3) is 0 Å². The number of rotatable bonds is 8. The highest BCUT2D eigenvalue weighted by Gasteiger charge is 2.40. The zero-order valence-corrected chi connectivity index (χ0v) is 18.3. The van der Waals surface area contributed by atoms with Crippen LogP contribution in [-0.2, 0) is 19.1 Å². The largest absolute Gasteiger partial charge is 0.468 e. The van der Waals surface area contributed by atoms with E-state index in [0.717, 1.165) is 0 Å². The van der Waals surface area contributed by atoms with E-state index in [1.807, 2.05) is 31.2 Å². The molecule has 2 atom stereocenters. The van der Waals surface area contributed by atoms with E-state index in [1.54, 1.807) is 0 Å². The summed E-state index contributed by atoms with van der Waals surface area (Å²) in [6.07, 6.45) is 0.701. The van der Waals surface area contributed by atoms with Gasteiger partial charge in [-0.15, -0.1) is 0 Å². The molecule has 0 bridgehead atoms. The summed E-state index contributed by atoms with van der Waals surface area (Å²) in [5.41, 5.74) is 1.48. The summed E-state index contributed by atoms with van der Waals surface area (Å²) in [6.45, 7) is 6.62. The second-order valence-electron chi connectivity index (χ2n) is 7.79. The lowest BCUT2D eigenvalue weighted by Gasteiger charge is -2.36. The highest BCUT2D eigenvalue weighted by molar-refractivity contribution is 6.90. The van der Waals surface area contributed by atoms with E-state index in [1.165, 1.54) is 25.0 Å². The van der Waals surface area contributed by atoms with E-state index in [0.29, 0.717) is 6.42 Å². The SMILES string of the molecule is COC(=O)C(C(=O)OC)[C@@H](C)C[C@H](c1ccccc1)[Si](C)(C)c1ccccc1. The van der Waals surface area contributed by atoms with Crippen LogP contribution in [0.15, 0.2) is 60.7 Å². The van der Waals surface area contributed by atoms with Crippen LogP contribution in [0, 0.1) is 11.8 Å². The van der Waals surface area contributed by atoms with Crippen molar-refractivity contribution in [2.45, 2.75) is 32.0 Å². The van der Waals surface area contributed by atoms with Gasteiger partial charge in [-0.25, -0.2) is 0 Å². The van der Waals surface area contributed by atoms with Crippen LogP contribution >= 0.6 is 0 Å². The third-order valence-electron chi connectivity index (χ3n) is 5.68. The molecule has 0 N–H and O–H groups in total. The number of hydrogen-bond donors (Lipinski definition) is 0. The molecule has 4 nitrogen and oxygen atoms in total. The first kappa shape index (κ1) is 21.9. The molecule has 150 valence electrons. The molecule has 0 saturated heterocycles. The summed E-state index contributed by atoms with van der Waals surface area (Å²) in [6, 6.07) is 20.9. The highest BCUT2D eigenvalue weighted by Crippen LogP contribution is 2.35. The molecule has 0 aliphatic rings. The van der Waals surface area contributed by atoms with Gasteiger partial charge in [0.15, 0.2) is 5.92 Å². The van der Waals surface area contributed by atoms with Crippen LogP contribution in [0.4, 0.5) is 0 Å². The molecule has 0 aliphatic carbocycles. The van der Waals surface area contributed by atoms with Crippen molar-refractivity contribution in [3.8, 4) is 0 Å². The Balaban J connectivity index is 2.43. The second-order valence-corrected chi connectivity index (χ2v) is 12.5. The predicted molar refractivity (Wildman–Crippen MR) is 114 cm³/mol. The lowest BCUT2D eigenvalue weighted by atomic mass is 9.88. The Labute approximate surface area is 168 Å². The standard InChI is InChI=1S/C23H30O4Si/c1-17(21(22(24)26-2)23(25)27-3)16-20(18-12-8-6-9-13-18)28(4,5)19-14-10-7-11-15-19/h6-15,17,20-21H,16H2,1-5H3/t17-,20+/m0/s1. The molecule has 28 heavy (non-hydrogen) atoms. The number of benzene rings is 2. The van der Waals surface area contributed by atoms with Crippen molar-refractivity contribution in [2.75, 3.05) is 14.2 Å². The lowest BCUT2D eigenvalue weighted by Crippen LogP contribution is -2.49. The van der Waals surface area contributed by atoms with E-state index in [9.17, 15) is 9.59 Å². The first-order valence-corrected chi connectivity index (χ1v) is 12.7. The number of hydrogen-bond acceptors (Lipinski definition) is 4. The van der Waals surface area contributed by atoms with Crippen molar-refractivity contribution in [1.82, 2.24) is 0 Å². The zero-order chi connectivity index (χ0) is 20.7. The summed E-state index contributed by atoms with van der Waals surface area (Å²) in [7, 11) is 0.663. The van der Waals surface area contributed by atoms with E-state index in [4.69, 9.17) is 9.47 Å². The van der Waals surface area contributed by atoms with Gasteiger partial charge in [0.1, 0.15) is 0 Å². The summed E-state index contributed by atoms with van der Waals surface area (Å²) >= 11 is 0. The van der Waals surface area contributed by atoms with E-state index >= 15 is 0 Å². The van der Waals surface area contributed by atoms with Gasteiger partial charge >= 0.3 is 11.9 Å². The highest BCUT2D eigenvalue weighted by atomic mass is 28.3. The number of ether oxygens (including phenoxy) is 2. The van der Waals surface area contributed by atoms with Crippen LogP contribution in [0.25, 0.3) is 0 Å². The molecular weight excluding hydrogens is 368 g/mol. The fraction of sp³-hybridized carbons (Fsp3) is 0.391. The van der Waals surface area contributed by atoms with Crippen molar-refractivity contribution in [3.63, 3.8) is 0 Å². The monoisotopic (exact) mass is 398 g/mol. The Kier molecular flexibility index (Phi) is 7.58. The van der Waals surface area contributed by atoms with E-state index in [-0.39, 0.29) is 11.5 Å². The molecule has 2 aromatic carbocycles. The molecule has 0 aliphatic heterocycles. The van der Waals surface area contributed by atoms with Gasteiger partial charge in [0.2, 0.25) is 0 Å². The summed E-state index contributed by atoms with van der Waals surface area (Å²) < 4.78 is 9.77. The van der Waals surface area contributed by atoms with Gasteiger partial charge in [0, 0.05) is 0 Å². The molecule has 2 rings (SSSR count). The van der Waals surface area contributed by atoms with E-state index in [2.05, 4.69) is 49.5 Å². The molecule has 0 unspecified atom stereocenters. The Hall–Kier alpha value is -2.40. The third kappa shape index (κ3) is 4.90. The van der Waals surface area contributed by atoms with Crippen LogP contribution in [-0.4, -0.2) is 34.2 Å². The van der Waals surface area contributed by atoms with Crippen molar-refractivity contribution >= 4 is 25.2 Å². The quantitative estimate of drug-likeness (QED) is 0.384. The van der Waals surface area contributed by atoms with Gasteiger partial charge in [-0.1, -0.05) is 85.9 Å². The molecule has 0 aromatic heterocycles. The Morgan fingerprint density at radius 2 is 1.32 bits per heavy atom. The molecule has 5 heteroatoms. The minimum atomic E-state index is -1.95. The molecule has 0 heterocycles. The molecule has 2 aromatic rings. The maximum atomic E-state index is 12.3. The maximum Gasteiger partial charge on any atom is 0.320 e. The maximum absolute atomic E-state index is 12.3. The fourth-order valence-electron chi connectivity index (χ4n) is 3.92. The average molecular weight is 399 g/mol. The smallest absolute Gasteiger partial charge is 0.320 e. The average Bonchev–Trinajstić information content (AvgIpc) is 2.72. The van der Waals surface area contributed by atoms with Gasteiger partial charge in [0.05, 0.1) is 22.3 Å². The third-order valence-corrected chi connectivity index (χ3v) is 9.81. The lowest BCUT2D eigenvalue weighted by molar-refractivity contribution is -0.161. The molecule has 0 radical (unpaired) electrons. The van der Waals surface area contributed by atoms with Crippen LogP contribution in [0.2, 0.25) is 13.1 Å². The fourth-order valence-corrected chi connectivity index (χ4v) is 7.37. The summed E-state index contributed by atoms with van der Waals surface area (Å²) in [5.74, 6) is -2.20. The number of carbonyl (C=O) groups excluding carboxylic acids is 2. The minimum Gasteiger partial charge on any atom is -0.468 e. The van der Waals surface area contributed by atoms with E-state index < -0.39 is 25.9 Å². The number of carbonyl (C=O) groups is 2. The second kappa shape index (κ2) is 9.69. The predicted octanol–water partition coefficient (Wildman–Crippen LogP) is 3.91. The van der Waals surface area contributed by atoms with Crippen LogP contribution in [0.5, 0.6) is 0 Å². The van der Waals surface area contributed by atoms with Crippen molar-refractivity contribution in [3.05, 3.63) is 66.2 Å². The molecule has 0 fully saturated rings. The van der Waals surface area contributed by atoms with Crippen LogP contribution < -0.4 is 5.19 Å². The Morgan fingerprint density at radius 1 is 0.857 bits per heavy atom. The number of esters is 2. The normalized spacial score (nSPS) is 13.6. The number of methoxy groups -OCH3 is 2. The van der Waals surface area contributed by atoms with Crippen molar-refractivity contribution < 1.29 is 19.1 Å². The molecule has 0 spiro atoms. The first-order chi connectivity index (χ1) is 13.3. The Morgan fingerprint density at radius 3 is 1.79 bits per heavy atom. The van der Waals surface area contributed by atoms with Gasteiger partial charge in [-0.2, -0.15) is 0 Å². The summed E-state index contributed by atoms with van der Waals surface area (Å²) in [5, 5.41) is 1.35. The van der Waals surface area contributed by atoms with Crippen molar-refractivity contribution in [1.29, 1.82) is 0 Å². The minimum absolute atomic E-state index is 0.208. The molecule has 0 amide bonds. The molecule has 0 saturated carbocycles. The summed E-state index contributed by atoms with van der Waals surface area (Å²) in [4.78, 5) is 24.6. The van der Waals surface area contributed by atoms with Gasteiger partial charge in [-0.05, 0) is 23.4 Å². The van der Waals surface area contributed by atoms with Crippen LogP contribution in [0.1, 0.15) is 24.4 Å². The topological polar surface area (TPSA) is 52.6 Å². The Bertz CT molecular complexity index is 758. The first-order valence-electron chi connectivity index (χ1n) is 9.59. The van der Waals surface area contributed by atoms with Crippen LogP contribution in [0.3, 0.4) is 0 Å². The van der Waals surface area contributed by atoms with Gasteiger partial charge < -0.3 is 9.47 Å². The molecular formula is C23H30O4Si.